The smallest absolute Gasteiger partial charge is 0.272 e. The zero-order valence-electron chi connectivity index (χ0n) is 27.8. The highest BCUT2D eigenvalue weighted by Crippen LogP contribution is 2.21. The number of anilines is 4. The Labute approximate surface area is 291 Å². The molecule has 0 aromatic carbocycles. The van der Waals surface area contributed by atoms with Crippen molar-refractivity contribution in [1.29, 1.82) is 0 Å². The predicted octanol–water partition coefficient (Wildman–Crippen LogP) is 1.77. The normalized spacial score (nSPS) is 12.1. The summed E-state index contributed by atoms with van der Waals surface area (Å²) < 4.78 is 6.26. The van der Waals surface area contributed by atoms with Gasteiger partial charge in [0.25, 0.3) is 29.5 Å². The minimum absolute atomic E-state index is 0.193. The molecule has 0 radical (unpaired) electrons. The van der Waals surface area contributed by atoms with Gasteiger partial charge in [0.1, 0.15) is 22.8 Å². The summed E-state index contributed by atoms with van der Waals surface area (Å²) in [6.45, 7) is 5.77. The van der Waals surface area contributed by atoms with E-state index in [1.807, 2.05) is 0 Å². The number of nitrogens with zero attached hydrogens (tertiary/aromatic N) is 5. The van der Waals surface area contributed by atoms with E-state index >= 15 is 0 Å². The number of aliphatic imine (C=N–C) groups is 1. The molecule has 1 aliphatic rings. The Balaban J connectivity index is 1.16. The number of amides is 5. The second kappa shape index (κ2) is 14.9. The Kier molecular flexibility index (Phi) is 10.5. The maximum atomic E-state index is 13.2. The van der Waals surface area contributed by atoms with Crippen LogP contribution in [0.3, 0.4) is 0 Å². The molecule has 0 atom stereocenters. The molecule has 0 aliphatic carbocycles. The van der Waals surface area contributed by atoms with Crippen molar-refractivity contribution in [1.82, 2.24) is 34.2 Å². The first-order valence-electron chi connectivity index (χ1n) is 15.3. The summed E-state index contributed by atoms with van der Waals surface area (Å²) in [6, 6.07) is 6.09. The second-order valence-electron chi connectivity index (χ2n) is 11.5. The van der Waals surface area contributed by atoms with E-state index in [-0.39, 0.29) is 28.0 Å². The van der Waals surface area contributed by atoms with Gasteiger partial charge in [0.2, 0.25) is 0 Å². The first kappa shape index (κ1) is 35.1. The van der Waals surface area contributed by atoms with Crippen LogP contribution in [-0.2, 0) is 33.0 Å². The van der Waals surface area contributed by atoms with Crippen LogP contribution in [0.25, 0.3) is 0 Å². The molecule has 0 bridgehead atoms. The molecule has 1 aliphatic heterocycles. The molecule has 4 aromatic rings. The van der Waals surface area contributed by atoms with Crippen LogP contribution in [-0.4, -0.2) is 79.9 Å². The monoisotopic (exact) mass is 704 g/mol. The van der Waals surface area contributed by atoms with E-state index in [4.69, 9.17) is 11.6 Å². The SMILES string of the molecule is C=C(Cl)C(=O)Nc1cc(C(=O)Nc2cc(C(=O)Nc3cc(C(=O)Nc4cc(C(=O)NCCNC5=NCCN5)n(C)c4)n(C)c3)n(C)c2)n(C)c1. The Bertz CT molecular complexity index is 2030. The summed E-state index contributed by atoms with van der Waals surface area (Å²) >= 11 is 5.62. The molecule has 262 valence electrons. The third-order valence-electron chi connectivity index (χ3n) is 7.61. The molecule has 5 heterocycles. The van der Waals surface area contributed by atoms with Crippen molar-refractivity contribution in [2.75, 3.05) is 47.4 Å². The summed E-state index contributed by atoms with van der Waals surface area (Å²) in [5.41, 5.74) is 2.63. The largest absolute Gasteiger partial charge is 0.355 e. The van der Waals surface area contributed by atoms with Gasteiger partial charge in [-0.3, -0.25) is 29.0 Å². The maximum absolute atomic E-state index is 13.2. The average Bonchev–Trinajstić information content (AvgIpc) is 3.88. The summed E-state index contributed by atoms with van der Waals surface area (Å²) in [6.07, 6.45) is 6.35. The fraction of sp³-hybridized carbons (Fsp3) is 0.250. The Hall–Kier alpha value is -6.23. The van der Waals surface area contributed by atoms with Gasteiger partial charge >= 0.3 is 0 Å². The van der Waals surface area contributed by atoms with Crippen molar-refractivity contribution in [3.8, 4) is 0 Å². The van der Waals surface area contributed by atoms with Gasteiger partial charge in [-0.2, -0.15) is 0 Å². The van der Waals surface area contributed by atoms with E-state index in [0.717, 1.165) is 13.1 Å². The van der Waals surface area contributed by atoms with Gasteiger partial charge in [0, 0.05) is 72.6 Å². The van der Waals surface area contributed by atoms with Crippen LogP contribution in [0, 0.1) is 0 Å². The van der Waals surface area contributed by atoms with Crippen LogP contribution >= 0.6 is 11.6 Å². The lowest BCUT2D eigenvalue weighted by Gasteiger charge is -2.08. The van der Waals surface area contributed by atoms with E-state index in [0.29, 0.717) is 47.5 Å². The van der Waals surface area contributed by atoms with E-state index in [9.17, 15) is 24.0 Å². The zero-order chi connectivity index (χ0) is 36.1. The van der Waals surface area contributed by atoms with Crippen molar-refractivity contribution in [3.63, 3.8) is 0 Å². The third-order valence-corrected chi connectivity index (χ3v) is 7.78. The van der Waals surface area contributed by atoms with E-state index in [1.165, 1.54) is 22.8 Å². The molecule has 5 rings (SSSR count). The lowest BCUT2D eigenvalue weighted by atomic mass is 10.3. The zero-order valence-corrected chi connectivity index (χ0v) is 28.6. The molecular weight excluding hydrogens is 668 g/mol. The number of nitrogens with one attached hydrogen (secondary N) is 7. The predicted molar refractivity (Wildman–Crippen MR) is 190 cm³/mol. The van der Waals surface area contributed by atoms with E-state index in [1.54, 1.807) is 72.7 Å². The topological polar surface area (TPSA) is 202 Å². The number of guanidine groups is 1. The number of rotatable bonds is 12. The maximum Gasteiger partial charge on any atom is 0.272 e. The van der Waals surface area contributed by atoms with Crippen LogP contribution in [0.2, 0.25) is 0 Å². The van der Waals surface area contributed by atoms with Crippen molar-refractivity contribution in [2.24, 2.45) is 33.2 Å². The fourth-order valence-electron chi connectivity index (χ4n) is 5.18. The van der Waals surface area contributed by atoms with Crippen LogP contribution in [0.5, 0.6) is 0 Å². The van der Waals surface area contributed by atoms with Crippen LogP contribution in [0.4, 0.5) is 22.7 Å². The van der Waals surface area contributed by atoms with E-state index in [2.05, 4.69) is 48.8 Å². The fourth-order valence-corrected chi connectivity index (χ4v) is 5.23. The highest BCUT2D eigenvalue weighted by Gasteiger charge is 2.20. The Morgan fingerprint density at radius 1 is 0.680 bits per heavy atom. The van der Waals surface area contributed by atoms with Crippen LogP contribution in [0.15, 0.2) is 65.7 Å². The molecule has 0 saturated carbocycles. The highest BCUT2D eigenvalue weighted by atomic mass is 35.5. The van der Waals surface area contributed by atoms with Crippen LogP contribution in [0.1, 0.15) is 42.0 Å². The van der Waals surface area contributed by atoms with Crippen molar-refractivity contribution in [2.45, 2.75) is 0 Å². The molecule has 0 saturated heterocycles. The molecule has 0 spiro atoms. The highest BCUT2D eigenvalue weighted by molar-refractivity contribution is 6.43. The second-order valence-corrected chi connectivity index (χ2v) is 11.9. The summed E-state index contributed by atoms with van der Waals surface area (Å²) in [5.74, 6) is -1.56. The molecule has 50 heavy (non-hydrogen) atoms. The number of aryl methyl sites for hydroxylation is 4. The number of aromatic nitrogens is 4. The molecule has 5 amide bonds. The Morgan fingerprint density at radius 3 is 1.46 bits per heavy atom. The van der Waals surface area contributed by atoms with Gasteiger partial charge in [-0.1, -0.05) is 18.2 Å². The lowest BCUT2D eigenvalue weighted by molar-refractivity contribution is -0.112. The summed E-state index contributed by atoms with van der Waals surface area (Å²) in [4.78, 5) is 68.1. The van der Waals surface area contributed by atoms with Crippen molar-refractivity contribution < 1.29 is 24.0 Å². The third kappa shape index (κ3) is 8.24. The number of halogens is 1. The molecule has 4 aromatic heterocycles. The number of hydrogen-bond acceptors (Lipinski definition) is 8. The number of carbonyl (C=O) groups excluding carboxylic acids is 5. The van der Waals surface area contributed by atoms with Crippen molar-refractivity contribution >= 4 is 69.8 Å². The Morgan fingerprint density at radius 2 is 1.08 bits per heavy atom. The average molecular weight is 705 g/mol. The number of carbonyl (C=O) groups is 5. The molecule has 17 nitrogen and oxygen atoms in total. The van der Waals surface area contributed by atoms with Gasteiger partial charge in [0.05, 0.1) is 34.3 Å². The van der Waals surface area contributed by atoms with Crippen molar-refractivity contribution in [3.05, 3.63) is 83.4 Å². The van der Waals surface area contributed by atoms with Gasteiger partial charge in [0.15, 0.2) is 5.96 Å². The van der Waals surface area contributed by atoms with E-state index < -0.39 is 23.6 Å². The first-order valence-corrected chi connectivity index (χ1v) is 15.7. The molecule has 18 heteroatoms. The minimum Gasteiger partial charge on any atom is -0.355 e. The first-order chi connectivity index (χ1) is 23.8. The quantitative estimate of drug-likeness (QED) is 0.0860. The molecule has 0 fully saturated rings. The molecular formula is C32H37ClN12O5. The van der Waals surface area contributed by atoms with Gasteiger partial charge in [-0.15, -0.1) is 0 Å². The van der Waals surface area contributed by atoms with Gasteiger partial charge in [-0.25, -0.2) is 0 Å². The van der Waals surface area contributed by atoms with Gasteiger partial charge in [-0.05, 0) is 24.3 Å². The van der Waals surface area contributed by atoms with Crippen LogP contribution < -0.4 is 37.2 Å². The standard InChI is InChI=1S/C32H37ClN12O5/c1-18(33)27(46)38-19-11-24(43(3)14-19)29(48)40-21-13-26(45(5)16-21)31(50)41-22-12-25(44(4)17-22)30(49)39-20-10-23(42(2)15-20)28(47)34-6-7-35-32-36-8-9-37-32/h10-17H,1,6-9H2,2-5H3,(H,34,47)(H,38,46)(H,39,49)(H,40,48)(H,41,50)(H2,35,36,37). The van der Waals surface area contributed by atoms with Gasteiger partial charge < -0.3 is 55.5 Å². The minimum atomic E-state index is -0.589. The lowest BCUT2D eigenvalue weighted by Crippen LogP contribution is -2.39. The molecule has 0 unspecified atom stereocenters. The molecule has 7 N–H and O–H groups in total. The summed E-state index contributed by atoms with van der Waals surface area (Å²) in [5, 5.41) is 19.7. The summed E-state index contributed by atoms with van der Waals surface area (Å²) in [7, 11) is 6.66. The number of hydrogen-bond donors (Lipinski definition) is 7.